The van der Waals surface area contributed by atoms with Crippen molar-refractivity contribution in [2.45, 2.75) is 19.0 Å². The largest absolute Gasteiger partial charge is 0.350 e. The first-order chi connectivity index (χ1) is 13.3. The second-order valence-corrected chi connectivity index (χ2v) is 8.48. The number of hydrogen-bond donors (Lipinski definition) is 2. The van der Waals surface area contributed by atoms with Gasteiger partial charge in [-0.2, -0.15) is 11.8 Å². The van der Waals surface area contributed by atoms with E-state index in [1.165, 1.54) is 28.2 Å². The highest BCUT2D eigenvalue weighted by atomic mass is 35.5. The van der Waals surface area contributed by atoms with Gasteiger partial charge >= 0.3 is 0 Å². The van der Waals surface area contributed by atoms with Crippen LogP contribution in [-0.4, -0.2) is 48.5 Å². The highest BCUT2D eigenvalue weighted by Gasteiger charge is 2.20. The van der Waals surface area contributed by atoms with E-state index in [2.05, 4.69) is 51.9 Å². The van der Waals surface area contributed by atoms with E-state index >= 15 is 0 Å². The van der Waals surface area contributed by atoms with Crippen LogP contribution in [0.5, 0.6) is 0 Å². The summed E-state index contributed by atoms with van der Waals surface area (Å²) in [6.45, 7) is 4.86. The number of amides is 1. The van der Waals surface area contributed by atoms with E-state index in [0.717, 1.165) is 38.2 Å². The molecule has 1 amide bonds. The number of halogens is 2. The van der Waals surface area contributed by atoms with Crippen molar-refractivity contribution >= 4 is 42.5 Å². The molecule has 0 radical (unpaired) electrons. The summed E-state index contributed by atoms with van der Waals surface area (Å²) in [4.78, 5) is 15.0. The normalized spacial score (nSPS) is 18.7. The Morgan fingerprint density at radius 2 is 1.79 bits per heavy atom. The molecule has 0 spiro atoms. The Bertz CT molecular complexity index is 782. The molecule has 29 heavy (non-hydrogen) atoms. The number of benzene rings is 2. The van der Waals surface area contributed by atoms with Crippen molar-refractivity contribution in [3.8, 4) is 0 Å². The fourth-order valence-electron chi connectivity index (χ4n) is 3.85. The van der Waals surface area contributed by atoms with Crippen molar-refractivity contribution in [2.24, 2.45) is 0 Å². The van der Waals surface area contributed by atoms with Gasteiger partial charge in [0.2, 0.25) is 0 Å². The van der Waals surface area contributed by atoms with Crippen molar-refractivity contribution in [3.63, 3.8) is 0 Å². The zero-order valence-corrected chi connectivity index (χ0v) is 18.9. The molecular formula is C22H29Cl2N3OS. The van der Waals surface area contributed by atoms with Crippen molar-refractivity contribution < 1.29 is 4.79 Å². The predicted octanol–water partition coefficient (Wildman–Crippen LogP) is 3.70. The van der Waals surface area contributed by atoms with Crippen LogP contribution in [0.25, 0.3) is 0 Å². The maximum Gasteiger partial charge on any atom is 0.251 e. The maximum absolute atomic E-state index is 12.5. The summed E-state index contributed by atoms with van der Waals surface area (Å²) in [5.41, 5.74) is 4.70. The Balaban J connectivity index is 0.00000150. The number of thioether (sulfide) groups is 1. The zero-order chi connectivity index (χ0) is 18.5. The molecule has 1 unspecified atom stereocenters. The molecule has 0 saturated carbocycles. The summed E-state index contributed by atoms with van der Waals surface area (Å²) >= 11 is 2.03. The van der Waals surface area contributed by atoms with Crippen LogP contribution < -0.4 is 10.6 Å². The van der Waals surface area contributed by atoms with Gasteiger partial charge in [0.25, 0.3) is 5.91 Å². The van der Waals surface area contributed by atoms with E-state index < -0.39 is 0 Å². The lowest BCUT2D eigenvalue weighted by Gasteiger charge is -2.27. The molecule has 4 rings (SSSR count). The first-order valence-corrected chi connectivity index (χ1v) is 10.9. The van der Waals surface area contributed by atoms with Gasteiger partial charge in [0.05, 0.1) is 0 Å². The lowest BCUT2D eigenvalue weighted by Crippen LogP contribution is -2.38. The van der Waals surface area contributed by atoms with Gasteiger partial charge in [-0.05, 0) is 41.8 Å². The fraction of sp³-hybridized carbons (Fsp3) is 0.409. The first kappa shape index (κ1) is 24.0. The van der Waals surface area contributed by atoms with Crippen LogP contribution >= 0.6 is 36.6 Å². The first-order valence-electron chi connectivity index (χ1n) is 9.78. The third kappa shape index (κ3) is 6.37. The monoisotopic (exact) mass is 453 g/mol. The molecule has 2 heterocycles. The third-order valence-corrected chi connectivity index (χ3v) is 6.35. The van der Waals surface area contributed by atoms with Crippen molar-refractivity contribution in [2.75, 3.05) is 37.7 Å². The molecule has 4 nitrogen and oxygen atoms in total. The molecule has 7 heteroatoms. The number of nitrogens with one attached hydrogen (secondary N) is 2. The van der Waals surface area contributed by atoms with Crippen molar-refractivity contribution in [1.29, 1.82) is 0 Å². The lowest BCUT2D eigenvalue weighted by molar-refractivity contribution is 0.0949. The van der Waals surface area contributed by atoms with E-state index in [0.29, 0.717) is 6.54 Å². The predicted molar refractivity (Wildman–Crippen MR) is 127 cm³/mol. The van der Waals surface area contributed by atoms with Gasteiger partial charge < -0.3 is 10.6 Å². The van der Waals surface area contributed by atoms with Gasteiger partial charge in [-0.1, -0.05) is 36.4 Å². The number of nitrogens with zero attached hydrogens (tertiary/aromatic N) is 1. The van der Waals surface area contributed by atoms with E-state index in [1.54, 1.807) is 0 Å². The molecule has 0 bridgehead atoms. The van der Waals surface area contributed by atoms with Crippen LogP contribution in [0.1, 0.15) is 33.1 Å². The summed E-state index contributed by atoms with van der Waals surface area (Å²) in [5, 5.41) is 6.61. The fourth-order valence-corrected chi connectivity index (χ4v) is 4.83. The summed E-state index contributed by atoms with van der Waals surface area (Å²) in [6.07, 6.45) is 1.05. The van der Waals surface area contributed by atoms with E-state index in [4.69, 9.17) is 0 Å². The summed E-state index contributed by atoms with van der Waals surface area (Å²) in [5.74, 6) is 2.44. The number of rotatable bonds is 5. The summed E-state index contributed by atoms with van der Waals surface area (Å²) in [7, 11) is 0. The Kier molecular flexibility index (Phi) is 9.80. The van der Waals surface area contributed by atoms with E-state index in [9.17, 15) is 4.79 Å². The molecule has 1 atom stereocenters. The average molecular weight is 454 g/mol. The minimum absolute atomic E-state index is 0. The van der Waals surface area contributed by atoms with Crippen LogP contribution in [-0.2, 0) is 13.0 Å². The average Bonchev–Trinajstić information content (AvgIpc) is 2.73. The van der Waals surface area contributed by atoms with Gasteiger partial charge in [-0.25, -0.2) is 0 Å². The van der Waals surface area contributed by atoms with Crippen LogP contribution in [0.2, 0.25) is 0 Å². The van der Waals surface area contributed by atoms with Gasteiger partial charge in [-0.3, -0.25) is 9.69 Å². The van der Waals surface area contributed by atoms with Crippen LogP contribution in [0, 0.1) is 0 Å². The van der Waals surface area contributed by atoms with Crippen LogP contribution in [0.15, 0.2) is 48.5 Å². The van der Waals surface area contributed by atoms with Gasteiger partial charge in [0.15, 0.2) is 0 Å². The zero-order valence-electron chi connectivity index (χ0n) is 16.4. The molecule has 2 aliphatic rings. The number of hydrogen-bond acceptors (Lipinski definition) is 4. The Morgan fingerprint density at radius 1 is 1.07 bits per heavy atom. The molecule has 0 aliphatic carbocycles. The molecule has 158 valence electrons. The van der Waals surface area contributed by atoms with Crippen molar-refractivity contribution in [3.05, 3.63) is 70.8 Å². The standard InChI is InChI=1S/C22H27N3OS.2ClH/c26-22(24-15-21-20-4-2-1-3-18(20)9-10-23-21)19-7-5-17(6-8-19)16-25-11-13-27-14-12-25;;/h1-8,21,23H,9-16H2,(H,24,26);2*1H. The topological polar surface area (TPSA) is 44.4 Å². The Morgan fingerprint density at radius 3 is 2.55 bits per heavy atom. The van der Waals surface area contributed by atoms with Crippen molar-refractivity contribution in [1.82, 2.24) is 15.5 Å². The molecule has 0 aromatic heterocycles. The molecule has 1 saturated heterocycles. The molecule has 1 fully saturated rings. The van der Waals surface area contributed by atoms with Gasteiger partial charge in [-0.15, -0.1) is 24.8 Å². The van der Waals surface area contributed by atoms with Gasteiger partial charge in [0.1, 0.15) is 0 Å². The SMILES string of the molecule is Cl.Cl.O=C(NCC1NCCc2ccccc21)c1ccc(CN2CCSCC2)cc1. The van der Waals surface area contributed by atoms with E-state index in [1.807, 2.05) is 23.9 Å². The van der Waals surface area contributed by atoms with Crippen LogP contribution in [0.4, 0.5) is 0 Å². The minimum Gasteiger partial charge on any atom is -0.350 e. The quantitative estimate of drug-likeness (QED) is 0.724. The summed E-state index contributed by atoms with van der Waals surface area (Å²) in [6, 6.07) is 16.8. The number of carbonyl (C=O) groups is 1. The lowest BCUT2D eigenvalue weighted by atomic mass is 9.94. The number of fused-ring (bicyclic) bond motifs is 1. The summed E-state index contributed by atoms with van der Waals surface area (Å²) < 4.78 is 0. The highest BCUT2D eigenvalue weighted by Crippen LogP contribution is 2.22. The molecule has 2 aromatic rings. The maximum atomic E-state index is 12.5. The van der Waals surface area contributed by atoms with Crippen LogP contribution in [0.3, 0.4) is 0 Å². The Labute approximate surface area is 190 Å². The second kappa shape index (κ2) is 11.8. The smallest absolute Gasteiger partial charge is 0.251 e. The second-order valence-electron chi connectivity index (χ2n) is 7.25. The molecule has 2 aliphatic heterocycles. The van der Waals surface area contributed by atoms with E-state index in [-0.39, 0.29) is 36.8 Å². The number of carbonyl (C=O) groups excluding carboxylic acids is 1. The Hall–Kier alpha value is -1.24. The van der Waals surface area contributed by atoms with Gasteiger partial charge in [0, 0.05) is 49.3 Å². The molecular weight excluding hydrogens is 425 g/mol. The third-order valence-electron chi connectivity index (χ3n) is 5.41. The highest BCUT2D eigenvalue weighted by molar-refractivity contribution is 7.99. The molecule has 2 N–H and O–H groups in total. The molecule has 2 aromatic carbocycles. The minimum atomic E-state index is 0.